The Morgan fingerprint density at radius 3 is 2.22 bits per heavy atom. The Hall–Kier alpha value is -3.13. The highest BCUT2D eigenvalue weighted by Gasteiger charge is 2.25. The number of hydrogen-bond donors (Lipinski definition) is 1. The molecule has 0 heterocycles. The summed E-state index contributed by atoms with van der Waals surface area (Å²) in [7, 11) is 1.54. The fourth-order valence-corrected chi connectivity index (χ4v) is 2.14. The van der Waals surface area contributed by atoms with Crippen LogP contribution in [0.15, 0.2) is 60.7 Å². The highest BCUT2D eigenvalue weighted by Crippen LogP contribution is 2.16. The van der Waals surface area contributed by atoms with E-state index in [9.17, 15) is 9.59 Å². The Kier molecular flexibility index (Phi) is 5.48. The van der Waals surface area contributed by atoms with Gasteiger partial charge in [0.25, 0.3) is 5.91 Å². The zero-order chi connectivity index (χ0) is 16.7. The van der Waals surface area contributed by atoms with E-state index in [1.54, 1.807) is 48.5 Å². The number of nitrogens with zero attached hydrogens (tertiary/aromatic N) is 2. The Morgan fingerprint density at radius 1 is 1.09 bits per heavy atom. The molecule has 23 heavy (non-hydrogen) atoms. The highest BCUT2D eigenvalue weighted by atomic mass is 16.2. The van der Waals surface area contributed by atoms with Crippen LogP contribution >= 0.6 is 0 Å². The quantitative estimate of drug-likeness (QED) is 0.860. The Bertz CT molecular complexity index is 708. The summed E-state index contributed by atoms with van der Waals surface area (Å²) in [6.45, 7) is -0.0383. The molecule has 0 aromatic heterocycles. The zero-order valence-electron chi connectivity index (χ0n) is 12.8. The molecule has 0 aliphatic heterocycles. The molecule has 1 atom stereocenters. The molecule has 0 bridgehead atoms. The summed E-state index contributed by atoms with van der Waals surface area (Å²) in [5, 5.41) is 11.5. The SMILES string of the molecule is CN(CC#N)C(=O)C(NC(=O)c1ccccc1)c1ccccc1. The lowest BCUT2D eigenvalue weighted by Gasteiger charge is -2.23. The van der Waals surface area contributed by atoms with Gasteiger partial charge in [-0.2, -0.15) is 5.26 Å². The van der Waals surface area contributed by atoms with Crippen molar-refractivity contribution in [3.63, 3.8) is 0 Å². The number of likely N-dealkylation sites (N-methyl/N-ethyl adjacent to an activating group) is 1. The van der Waals surface area contributed by atoms with Gasteiger partial charge in [0.05, 0.1) is 6.07 Å². The first-order valence-electron chi connectivity index (χ1n) is 7.16. The molecule has 2 rings (SSSR count). The fourth-order valence-electron chi connectivity index (χ4n) is 2.14. The minimum absolute atomic E-state index is 0.0383. The predicted octanol–water partition coefficient (Wildman–Crippen LogP) is 2.14. The third kappa shape index (κ3) is 4.17. The molecule has 1 unspecified atom stereocenters. The van der Waals surface area contributed by atoms with Gasteiger partial charge in [0.15, 0.2) is 0 Å². The Labute approximate surface area is 135 Å². The average molecular weight is 307 g/mol. The molecule has 2 aromatic rings. The number of carbonyl (C=O) groups is 2. The van der Waals surface area contributed by atoms with Crippen LogP contribution in [0.25, 0.3) is 0 Å². The second-order valence-electron chi connectivity index (χ2n) is 5.04. The van der Waals surface area contributed by atoms with Gasteiger partial charge in [-0.3, -0.25) is 9.59 Å². The topological polar surface area (TPSA) is 73.2 Å². The van der Waals surface area contributed by atoms with Crippen LogP contribution in [0.3, 0.4) is 0 Å². The first kappa shape index (κ1) is 16.2. The number of amides is 2. The van der Waals surface area contributed by atoms with Crippen LogP contribution in [-0.2, 0) is 4.79 Å². The van der Waals surface area contributed by atoms with Gasteiger partial charge >= 0.3 is 0 Å². The third-order valence-corrected chi connectivity index (χ3v) is 3.38. The van der Waals surface area contributed by atoms with Gasteiger partial charge in [0.1, 0.15) is 12.6 Å². The maximum absolute atomic E-state index is 12.6. The fraction of sp³-hybridized carbons (Fsp3) is 0.167. The van der Waals surface area contributed by atoms with Gasteiger partial charge in [0.2, 0.25) is 5.91 Å². The molecule has 0 radical (unpaired) electrons. The summed E-state index contributed by atoms with van der Waals surface area (Å²) in [6.07, 6.45) is 0. The van der Waals surface area contributed by atoms with Crippen molar-refractivity contribution in [2.24, 2.45) is 0 Å². The van der Waals surface area contributed by atoms with Crippen LogP contribution in [0.5, 0.6) is 0 Å². The average Bonchev–Trinajstić information content (AvgIpc) is 2.60. The molecular formula is C18H17N3O2. The summed E-state index contributed by atoms with van der Waals surface area (Å²) in [5.74, 6) is -0.666. The minimum atomic E-state index is -0.831. The van der Waals surface area contributed by atoms with Crippen LogP contribution in [0.1, 0.15) is 22.0 Å². The third-order valence-electron chi connectivity index (χ3n) is 3.38. The van der Waals surface area contributed by atoms with Crippen LogP contribution in [0, 0.1) is 11.3 Å². The number of rotatable bonds is 5. The number of hydrogen-bond acceptors (Lipinski definition) is 3. The van der Waals surface area contributed by atoms with E-state index in [-0.39, 0.29) is 18.4 Å². The highest BCUT2D eigenvalue weighted by molar-refractivity contribution is 5.97. The molecule has 0 saturated heterocycles. The van der Waals surface area contributed by atoms with Gasteiger partial charge < -0.3 is 10.2 Å². The summed E-state index contributed by atoms with van der Waals surface area (Å²) in [4.78, 5) is 26.2. The number of nitriles is 1. The molecule has 0 saturated carbocycles. The molecular weight excluding hydrogens is 290 g/mol. The first-order chi connectivity index (χ1) is 11.1. The van der Waals surface area contributed by atoms with Crippen LogP contribution < -0.4 is 5.32 Å². The van der Waals surface area contributed by atoms with Gasteiger partial charge in [-0.15, -0.1) is 0 Å². The van der Waals surface area contributed by atoms with E-state index in [1.807, 2.05) is 18.2 Å². The van der Waals surface area contributed by atoms with E-state index in [4.69, 9.17) is 5.26 Å². The number of carbonyl (C=O) groups excluding carboxylic acids is 2. The number of nitrogens with one attached hydrogen (secondary N) is 1. The van der Waals surface area contributed by atoms with Crippen LogP contribution in [0.4, 0.5) is 0 Å². The Morgan fingerprint density at radius 2 is 1.65 bits per heavy atom. The molecule has 0 spiro atoms. The summed E-state index contributed by atoms with van der Waals surface area (Å²) in [5.41, 5.74) is 1.15. The van der Waals surface area contributed by atoms with E-state index < -0.39 is 6.04 Å². The van der Waals surface area contributed by atoms with Crippen molar-refractivity contribution in [3.05, 3.63) is 71.8 Å². The van der Waals surface area contributed by atoms with Crippen molar-refractivity contribution in [2.45, 2.75) is 6.04 Å². The normalized spacial score (nSPS) is 11.1. The van der Waals surface area contributed by atoms with Gasteiger partial charge in [-0.05, 0) is 17.7 Å². The standard InChI is InChI=1S/C18H17N3O2/c1-21(13-12-19)18(23)16(14-8-4-2-5-9-14)20-17(22)15-10-6-3-7-11-15/h2-11,16H,13H2,1H3,(H,20,22). The molecule has 0 aliphatic rings. The van der Waals surface area contributed by atoms with Crippen LogP contribution in [-0.4, -0.2) is 30.3 Å². The molecule has 5 heteroatoms. The summed E-state index contributed by atoms with van der Waals surface area (Å²) >= 11 is 0. The molecule has 5 nitrogen and oxygen atoms in total. The van der Waals surface area contributed by atoms with Crippen molar-refractivity contribution >= 4 is 11.8 Å². The molecule has 0 fully saturated rings. The van der Waals surface area contributed by atoms with Crippen molar-refractivity contribution in [1.82, 2.24) is 10.2 Å². The van der Waals surface area contributed by atoms with Crippen molar-refractivity contribution in [3.8, 4) is 6.07 Å². The van der Waals surface area contributed by atoms with Crippen molar-refractivity contribution in [2.75, 3.05) is 13.6 Å². The van der Waals surface area contributed by atoms with E-state index >= 15 is 0 Å². The Balaban J connectivity index is 2.26. The van der Waals surface area contributed by atoms with E-state index in [0.717, 1.165) is 0 Å². The van der Waals surface area contributed by atoms with Crippen molar-refractivity contribution in [1.29, 1.82) is 5.26 Å². The predicted molar refractivity (Wildman–Crippen MR) is 86.3 cm³/mol. The molecule has 2 aromatic carbocycles. The van der Waals surface area contributed by atoms with E-state index in [0.29, 0.717) is 11.1 Å². The second kappa shape index (κ2) is 7.76. The van der Waals surface area contributed by atoms with Gasteiger partial charge in [0, 0.05) is 12.6 Å². The lowest BCUT2D eigenvalue weighted by atomic mass is 10.0. The zero-order valence-corrected chi connectivity index (χ0v) is 12.8. The summed E-state index contributed by atoms with van der Waals surface area (Å²) in [6, 6.07) is 18.8. The van der Waals surface area contributed by atoms with Crippen molar-refractivity contribution < 1.29 is 9.59 Å². The van der Waals surface area contributed by atoms with E-state index in [1.165, 1.54) is 11.9 Å². The largest absolute Gasteiger partial charge is 0.336 e. The van der Waals surface area contributed by atoms with Gasteiger partial charge in [-0.25, -0.2) is 0 Å². The molecule has 116 valence electrons. The second-order valence-corrected chi connectivity index (χ2v) is 5.04. The lowest BCUT2D eigenvalue weighted by molar-refractivity contribution is -0.131. The van der Waals surface area contributed by atoms with Crippen LogP contribution in [0.2, 0.25) is 0 Å². The number of benzene rings is 2. The smallest absolute Gasteiger partial charge is 0.252 e. The molecule has 2 amide bonds. The summed E-state index contributed by atoms with van der Waals surface area (Å²) < 4.78 is 0. The molecule has 1 N–H and O–H groups in total. The first-order valence-corrected chi connectivity index (χ1v) is 7.16. The van der Waals surface area contributed by atoms with E-state index in [2.05, 4.69) is 5.32 Å². The van der Waals surface area contributed by atoms with Gasteiger partial charge in [-0.1, -0.05) is 48.5 Å². The monoisotopic (exact) mass is 307 g/mol. The minimum Gasteiger partial charge on any atom is -0.336 e. The maximum atomic E-state index is 12.6. The lowest BCUT2D eigenvalue weighted by Crippen LogP contribution is -2.41. The molecule has 0 aliphatic carbocycles. The maximum Gasteiger partial charge on any atom is 0.252 e.